The Bertz CT molecular complexity index is 466. The number of benzene rings is 1. The molecule has 5 heteroatoms. The molecule has 1 heterocycles. The average Bonchev–Trinajstić information content (AvgIpc) is 2.36. The number of nitrogens with one attached hydrogen (secondary N) is 2. The van der Waals surface area contributed by atoms with Gasteiger partial charge in [0.25, 0.3) is 5.91 Å². The minimum Gasteiger partial charge on any atom is -0.348 e. The molecule has 0 spiro atoms. The summed E-state index contributed by atoms with van der Waals surface area (Å²) >= 11 is 11.7. The van der Waals surface area contributed by atoms with Gasteiger partial charge in [-0.2, -0.15) is 0 Å². The Balaban J connectivity index is 1.97. The summed E-state index contributed by atoms with van der Waals surface area (Å²) in [5.74, 6) is -0.154. The summed E-state index contributed by atoms with van der Waals surface area (Å²) in [6.07, 6.45) is 3.07. The molecule has 1 aromatic rings. The molecule has 1 aromatic carbocycles. The van der Waals surface area contributed by atoms with E-state index in [0.717, 1.165) is 19.5 Å². The normalized spacial score (nSPS) is 15.1. The number of amides is 1. The molecule has 0 fully saturated rings. The second kappa shape index (κ2) is 6.23. The van der Waals surface area contributed by atoms with Crippen molar-refractivity contribution in [3.63, 3.8) is 0 Å². The fraction of sp³-hybridized carbons (Fsp3) is 0.308. The van der Waals surface area contributed by atoms with Crippen LogP contribution in [-0.4, -0.2) is 25.5 Å². The summed E-state index contributed by atoms with van der Waals surface area (Å²) in [4.78, 5) is 11.9. The second-order valence-corrected chi connectivity index (χ2v) is 5.03. The number of carbonyl (C=O) groups excluding carboxylic acids is 1. The molecule has 18 heavy (non-hydrogen) atoms. The lowest BCUT2D eigenvalue weighted by atomic mass is 10.1. The highest BCUT2D eigenvalue weighted by Crippen LogP contribution is 2.19. The molecule has 1 amide bonds. The largest absolute Gasteiger partial charge is 0.348 e. The molecule has 3 nitrogen and oxygen atoms in total. The molecular formula is C13H14Cl2N2O. The summed E-state index contributed by atoms with van der Waals surface area (Å²) < 4.78 is 0. The molecule has 0 radical (unpaired) electrons. The van der Waals surface area contributed by atoms with Crippen LogP contribution in [-0.2, 0) is 0 Å². The topological polar surface area (TPSA) is 41.1 Å². The maximum Gasteiger partial charge on any atom is 0.251 e. The minimum atomic E-state index is -0.154. The van der Waals surface area contributed by atoms with Crippen LogP contribution >= 0.6 is 23.2 Å². The third-order valence-corrected chi connectivity index (χ3v) is 3.20. The van der Waals surface area contributed by atoms with E-state index in [4.69, 9.17) is 23.2 Å². The van der Waals surface area contributed by atoms with E-state index >= 15 is 0 Å². The Kier molecular flexibility index (Phi) is 4.64. The lowest BCUT2D eigenvalue weighted by Crippen LogP contribution is -2.29. The Morgan fingerprint density at radius 3 is 2.61 bits per heavy atom. The number of hydrogen-bond donors (Lipinski definition) is 2. The predicted molar refractivity (Wildman–Crippen MR) is 74.4 cm³/mol. The average molecular weight is 285 g/mol. The quantitative estimate of drug-likeness (QED) is 0.838. The fourth-order valence-corrected chi connectivity index (χ4v) is 2.34. The summed E-state index contributed by atoms with van der Waals surface area (Å²) in [7, 11) is 0. The molecule has 0 aromatic heterocycles. The number of halogens is 2. The van der Waals surface area contributed by atoms with Crippen molar-refractivity contribution in [2.75, 3.05) is 19.6 Å². The van der Waals surface area contributed by atoms with Crippen molar-refractivity contribution >= 4 is 29.1 Å². The van der Waals surface area contributed by atoms with Gasteiger partial charge in [0.2, 0.25) is 0 Å². The van der Waals surface area contributed by atoms with Crippen LogP contribution in [0, 0.1) is 0 Å². The monoisotopic (exact) mass is 284 g/mol. The van der Waals surface area contributed by atoms with Gasteiger partial charge in [0.1, 0.15) is 0 Å². The van der Waals surface area contributed by atoms with Gasteiger partial charge in [-0.25, -0.2) is 0 Å². The van der Waals surface area contributed by atoms with E-state index in [9.17, 15) is 4.79 Å². The summed E-state index contributed by atoms with van der Waals surface area (Å²) in [5.41, 5.74) is 1.73. The van der Waals surface area contributed by atoms with Crippen LogP contribution in [0.3, 0.4) is 0 Å². The Hall–Kier alpha value is -1.03. The molecule has 2 N–H and O–H groups in total. The third-order valence-electron chi connectivity index (χ3n) is 2.76. The van der Waals surface area contributed by atoms with Crippen molar-refractivity contribution in [3.8, 4) is 0 Å². The molecule has 1 aliphatic rings. The second-order valence-electron chi connectivity index (χ2n) is 4.16. The molecule has 96 valence electrons. The van der Waals surface area contributed by atoms with Crippen molar-refractivity contribution in [2.45, 2.75) is 6.42 Å². The Morgan fingerprint density at radius 1 is 1.28 bits per heavy atom. The third kappa shape index (κ3) is 3.73. The van der Waals surface area contributed by atoms with Crippen molar-refractivity contribution in [2.24, 2.45) is 0 Å². The predicted octanol–water partition coefficient (Wildman–Crippen LogP) is 2.64. The van der Waals surface area contributed by atoms with E-state index in [1.165, 1.54) is 5.57 Å². The Labute approximate surface area is 116 Å². The number of carbonyl (C=O) groups is 1. The van der Waals surface area contributed by atoms with E-state index in [-0.39, 0.29) is 5.91 Å². The molecule has 0 bridgehead atoms. The van der Waals surface area contributed by atoms with E-state index in [2.05, 4.69) is 16.7 Å². The van der Waals surface area contributed by atoms with Crippen LogP contribution in [0.4, 0.5) is 0 Å². The number of hydrogen-bond acceptors (Lipinski definition) is 2. The van der Waals surface area contributed by atoms with Gasteiger partial charge in [-0.1, -0.05) is 34.9 Å². The van der Waals surface area contributed by atoms with Gasteiger partial charge in [0, 0.05) is 28.7 Å². The highest BCUT2D eigenvalue weighted by atomic mass is 35.5. The van der Waals surface area contributed by atoms with Gasteiger partial charge < -0.3 is 10.6 Å². The zero-order valence-electron chi connectivity index (χ0n) is 9.80. The molecule has 0 saturated carbocycles. The highest BCUT2D eigenvalue weighted by molar-refractivity contribution is 6.35. The van der Waals surface area contributed by atoms with Crippen LogP contribution in [0.2, 0.25) is 10.0 Å². The van der Waals surface area contributed by atoms with Crippen LogP contribution in [0.15, 0.2) is 29.8 Å². The molecule has 1 aliphatic heterocycles. The first kappa shape index (κ1) is 13.4. The highest BCUT2D eigenvalue weighted by Gasteiger charge is 2.09. The Morgan fingerprint density at radius 2 is 2.00 bits per heavy atom. The van der Waals surface area contributed by atoms with Gasteiger partial charge in [0.05, 0.1) is 0 Å². The SMILES string of the molecule is O=C(NCC1=CCNCC1)c1cc(Cl)cc(Cl)c1. The van der Waals surface area contributed by atoms with E-state index in [1.54, 1.807) is 18.2 Å². The molecule has 2 rings (SSSR count). The maximum atomic E-state index is 11.9. The zero-order valence-corrected chi connectivity index (χ0v) is 11.3. The zero-order chi connectivity index (χ0) is 13.0. The van der Waals surface area contributed by atoms with Crippen molar-refractivity contribution in [1.82, 2.24) is 10.6 Å². The smallest absolute Gasteiger partial charge is 0.251 e. The first-order chi connectivity index (χ1) is 8.65. The summed E-state index contributed by atoms with van der Waals surface area (Å²) in [6, 6.07) is 4.83. The van der Waals surface area contributed by atoms with Crippen LogP contribution in [0.1, 0.15) is 16.8 Å². The van der Waals surface area contributed by atoms with Gasteiger partial charge in [0.15, 0.2) is 0 Å². The molecular weight excluding hydrogens is 271 g/mol. The molecule has 0 atom stereocenters. The van der Waals surface area contributed by atoms with E-state index in [0.29, 0.717) is 22.2 Å². The molecule has 0 saturated heterocycles. The van der Waals surface area contributed by atoms with Gasteiger partial charge >= 0.3 is 0 Å². The van der Waals surface area contributed by atoms with Crippen LogP contribution in [0.5, 0.6) is 0 Å². The summed E-state index contributed by atoms with van der Waals surface area (Å²) in [5, 5.41) is 7.03. The van der Waals surface area contributed by atoms with Crippen LogP contribution in [0.25, 0.3) is 0 Å². The van der Waals surface area contributed by atoms with Crippen LogP contribution < -0.4 is 10.6 Å². The summed E-state index contributed by atoms with van der Waals surface area (Å²) in [6.45, 7) is 2.41. The minimum absolute atomic E-state index is 0.154. The fourth-order valence-electron chi connectivity index (χ4n) is 1.81. The molecule has 0 unspecified atom stereocenters. The standard InChI is InChI=1S/C13H14Cl2N2O/c14-11-5-10(6-12(15)7-11)13(18)17-8-9-1-3-16-4-2-9/h1,5-7,16H,2-4,8H2,(H,17,18). The molecule has 0 aliphatic carbocycles. The maximum absolute atomic E-state index is 11.9. The van der Waals surface area contributed by atoms with Gasteiger partial charge in [-0.05, 0) is 31.2 Å². The van der Waals surface area contributed by atoms with Gasteiger partial charge in [-0.3, -0.25) is 4.79 Å². The van der Waals surface area contributed by atoms with Crippen molar-refractivity contribution in [3.05, 3.63) is 45.5 Å². The van der Waals surface area contributed by atoms with Crippen molar-refractivity contribution in [1.29, 1.82) is 0 Å². The first-order valence-corrected chi connectivity index (χ1v) is 6.53. The lowest BCUT2D eigenvalue weighted by molar-refractivity contribution is 0.0956. The lowest BCUT2D eigenvalue weighted by Gasteiger charge is -2.14. The first-order valence-electron chi connectivity index (χ1n) is 5.78. The van der Waals surface area contributed by atoms with E-state index < -0.39 is 0 Å². The number of rotatable bonds is 3. The van der Waals surface area contributed by atoms with E-state index in [1.807, 2.05) is 0 Å². The van der Waals surface area contributed by atoms with Crippen molar-refractivity contribution < 1.29 is 4.79 Å². The van der Waals surface area contributed by atoms with Gasteiger partial charge in [-0.15, -0.1) is 0 Å².